The molecule has 0 heterocycles. The van der Waals surface area contributed by atoms with E-state index < -0.39 is 0 Å². The van der Waals surface area contributed by atoms with Gasteiger partial charge in [-0.3, -0.25) is 0 Å². The molecule has 0 bridgehead atoms. The summed E-state index contributed by atoms with van der Waals surface area (Å²) in [5.74, 6) is 0. The van der Waals surface area contributed by atoms with E-state index in [1.54, 1.807) is 0 Å². The van der Waals surface area contributed by atoms with E-state index in [-0.39, 0.29) is 6.04 Å². The summed E-state index contributed by atoms with van der Waals surface area (Å²) in [6.45, 7) is 7.91. The van der Waals surface area contributed by atoms with Gasteiger partial charge in [0.15, 0.2) is 0 Å². The molecule has 0 aliphatic heterocycles. The Morgan fingerprint density at radius 3 is 2.56 bits per heavy atom. The zero-order valence-corrected chi connectivity index (χ0v) is 10.3. The van der Waals surface area contributed by atoms with Crippen LogP contribution in [-0.4, -0.2) is 25.0 Å². The second-order valence-corrected chi connectivity index (χ2v) is 4.50. The van der Waals surface area contributed by atoms with Crippen LogP contribution in [0.15, 0.2) is 42.5 Å². The SMILES string of the molecule is C=C(C)CN(C)CCC(N)c1ccccc1. The van der Waals surface area contributed by atoms with E-state index in [2.05, 4.69) is 30.7 Å². The Kier molecular flexibility index (Phi) is 5.23. The molecule has 0 aliphatic carbocycles. The number of benzene rings is 1. The summed E-state index contributed by atoms with van der Waals surface area (Å²) >= 11 is 0. The topological polar surface area (TPSA) is 29.3 Å². The second kappa shape index (κ2) is 6.46. The van der Waals surface area contributed by atoms with Crippen LogP contribution in [0, 0.1) is 0 Å². The Balaban J connectivity index is 2.35. The van der Waals surface area contributed by atoms with E-state index in [9.17, 15) is 0 Å². The lowest BCUT2D eigenvalue weighted by atomic mass is 10.0. The van der Waals surface area contributed by atoms with Crippen molar-refractivity contribution in [3.05, 3.63) is 48.0 Å². The van der Waals surface area contributed by atoms with Gasteiger partial charge in [-0.2, -0.15) is 0 Å². The highest BCUT2D eigenvalue weighted by molar-refractivity contribution is 5.18. The summed E-state index contributed by atoms with van der Waals surface area (Å²) in [5.41, 5.74) is 8.53. The van der Waals surface area contributed by atoms with Gasteiger partial charge in [-0.1, -0.05) is 42.5 Å². The first-order valence-electron chi connectivity index (χ1n) is 5.73. The number of hydrogen-bond acceptors (Lipinski definition) is 2. The molecule has 0 radical (unpaired) electrons. The van der Waals surface area contributed by atoms with E-state index in [4.69, 9.17) is 5.73 Å². The molecule has 0 amide bonds. The van der Waals surface area contributed by atoms with Crippen LogP contribution < -0.4 is 5.73 Å². The van der Waals surface area contributed by atoms with Crippen molar-refractivity contribution in [3.8, 4) is 0 Å². The third-order valence-corrected chi connectivity index (χ3v) is 2.59. The summed E-state index contributed by atoms with van der Waals surface area (Å²) in [4.78, 5) is 2.26. The molecule has 0 saturated carbocycles. The molecule has 0 saturated heterocycles. The minimum absolute atomic E-state index is 0.133. The molecular formula is C14H22N2. The summed E-state index contributed by atoms with van der Waals surface area (Å²) in [6.07, 6.45) is 0.980. The third-order valence-electron chi connectivity index (χ3n) is 2.59. The lowest BCUT2D eigenvalue weighted by Crippen LogP contribution is -2.25. The highest BCUT2D eigenvalue weighted by Crippen LogP contribution is 2.13. The molecule has 2 N–H and O–H groups in total. The molecular weight excluding hydrogens is 196 g/mol. The fraction of sp³-hybridized carbons (Fsp3) is 0.429. The Labute approximate surface area is 98.8 Å². The summed E-state index contributed by atoms with van der Waals surface area (Å²) < 4.78 is 0. The van der Waals surface area contributed by atoms with Gasteiger partial charge in [0, 0.05) is 12.6 Å². The van der Waals surface area contributed by atoms with Crippen LogP contribution in [0.4, 0.5) is 0 Å². The van der Waals surface area contributed by atoms with Crippen LogP contribution in [-0.2, 0) is 0 Å². The highest BCUT2D eigenvalue weighted by atomic mass is 15.1. The molecule has 0 spiro atoms. The quantitative estimate of drug-likeness (QED) is 0.744. The van der Waals surface area contributed by atoms with Crippen LogP contribution >= 0.6 is 0 Å². The predicted molar refractivity (Wildman–Crippen MR) is 70.3 cm³/mol. The second-order valence-electron chi connectivity index (χ2n) is 4.50. The maximum absolute atomic E-state index is 6.13. The zero-order chi connectivity index (χ0) is 12.0. The van der Waals surface area contributed by atoms with Crippen LogP contribution in [0.1, 0.15) is 24.9 Å². The fourth-order valence-corrected chi connectivity index (χ4v) is 1.77. The van der Waals surface area contributed by atoms with E-state index in [0.29, 0.717) is 0 Å². The van der Waals surface area contributed by atoms with Crippen molar-refractivity contribution in [3.63, 3.8) is 0 Å². The van der Waals surface area contributed by atoms with Gasteiger partial charge >= 0.3 is 0 Å². The Morgan fingerprint density at radius 1 is 1.38 bits per heavy atom. The number of likely N-dealkylation sites (N-methyl/N-ethyl adjacent to an activating group) is 1. The van der Waals surface area contributed by atoms with E-state index in [1.165, 1.54) is 11.1 Å². The lowest BCUT2D eigenvalue weighted by molar-refractivity contribution is 0.343. The number of hydrogen-bond donors (Lipinski definition) is 1. The van der Waals surface area contributed by atoms with Crippen molar-refractivity contribution < 1.29 is 0 Å². The van der Waals surface area contributed by atoms with Crippen molar-refractivity contribution in [2.45, 2.75) is 19.4 Å². The van der Waals surface area contributed by atoms with Crippen molar-refractivity contribution in [1.82, 2.24) is 4.90 Å². The molecule has 88 valence electrons. The van der Waals surface area contributed by atoms with E-state index in [1.807, 2.05) is 25.1 Å². The summed E-state index contributed by atoms with van der Waals surface area (Å²) in [7, 11) is 2.10. The van der Waals surface area contributed by atoms with Gasteiger partial charge in [-0.15, -0.1) is 0 Å². The number of nitrogens with zero attached hydrogens (tertiary/aromatic N) is 1. The minimum Gasteiger partial charge on any atom is -0.324 e. The van der Waals surface area contributed by atoms with Gasteiger partial charge in [0.1, 0.15) is 0 Å². The first kappa shape index (κ1) is 12.9. The lowest BCUT2D eigenvalue weighted by Gasteiger charge is -2.19. The molecule has 1 rings (SSSR count). The van der Waals surface area contributed by atoms with Gasteiger partial charge in [0.25, 0.3) is 0 Å². The maximum atomic E-state index is 6.13. The third kappa shape index (κ3) is 4.60. The van der Waals surface area contributed by atoms with Crippen LogP contribution in [0.3, 0.4) is 0 Å². The van der Waals surface area contributed by atoms with Crippen LogP contribution in [0.5, 0.6) is 0 Å². The molecule has 0 aromatic heterocycles. The number of rotatable bonds is 6. The standard InChI is InChI=1S/C14H22N2/c1-12(2)11-16(3)10-9-14(15)13-7-5-4-6-8-13/h4-8,14H,1,9-11,15H2,2-3H3. The molecule has 1 aromatic carbocycles. The smallest absolute Gasteiger partial charge is 0.0307 e. The molecule has 1 unspecified atom stereocenters. The van der Waals surface area contributed by atoms with Gasteiger partial charge in [-0.05, 0) is 32.5 Å². The molecule has 2 nitrogen and oxygen atoms in total. The van der Waals surface area contributed by atoms with Crippen molar-refractivity contribution in [1.29, 1.82) is 0 Å². The van der Waals surface area contributed by atoms with Crippen molar-refractivity contribution in [2.24, 2.45) is 5.73 Å². The molecule has 0 fully saturated rings. The summed E-state index contributed by atoms with van der Waals surface area (Å²) in [5, 5.41) is 0. The highest BCUT2D eigenvalue weighted by Gasteiger charge is 2.06. The molecule has 1 aromatic rings. The molecule has 0 aliphatic rings. The monoisotopic (exact) mass is 218 g/mol. The Bertz CT molecular complexity index is 319. The summed E-state index contributed by atoms with van der Waals surface area (Å²) in [6, 6.07) is 10.4. The maximum Gasteiger partial charge on any atom is 0.0307 e. The molecule has 2 heteroatoms. The Hall–Kier alpha value is -1.12. The molecule has 1 atom stereocenters. The number of nitrogens with two attached hydrogens (primary N) is 1. The van der Waals surface area contributed by atoms with E-state index >= 15 is 0 Å². The van der Waals surface area contributed by atoms with Crippen LogP contribution in [0.2, 0.25) is 0 Å². The van der Waals surface area contributed by atoms with Gasteiger partial charge in [-0.25, -0.2) is 0 Å². The Morgan fingerprint density at radius 2 is 2.00 bits per heavy atom. The normalized spacial score (nSPS) is 12.8. The van der Waals surface area contributed by atoms with Gasteiger partial charge < -0.3 is 10.6 Å². The van der Waals surface area contributed by atoms with Crippen molar-refractivity contribution >= 4 is 0 Å². The average Bonchev–Trinajstić information content (AvgIpc) is 2.26. The van der Waals surface area contributed by atoms with Gasteiger partial charge in [0.05, 0.1) is 0 Å². The predicted octanol–water partition coefficient (Wildman–Crippen LogP) is 2.58. The first-order valence-corrected chi connectivity index (χ1v) is 5.73. The van der Waals surface area contributed by atoms with E-state index in [0.717, 1.165) is 19.5 Å². The van der Waals surface area contributed by atoms with Crippen molar-refractivity contribution in [2.75, 3.05) is 20.1 Å². The first-order chi connectivity index (χ1) is 7.59. The molecule has 16 heavy (non-hydrogen) atoms. The fourth-order valence-electron chi connectivity index (χ4n) is 1.77. The zero-order valence-electron chi connectivity index (χ0n) is 10.3. The van der Waals surface area contributed by atoms with Crippen LogP contribution in [0.25, 0.3) is 0 Å². The average molecular weight is 218 g/mol. The largest absolute Gasteiger partial charge is 0.324 e. The minimum atomic E-state index is 0.133. The van der Waals surface area contributed by atoms with Gasteiger partial charge in [0.2, 0.25) is 0 Å².